The summed E-state index contributed by atoms with van der Waals surface area (Å²) < 4.78 is 51.5. The van der Waals surface area contributed by atoms with Crippen molar-refractivity contribution in [1.82, 2.24) is 44.6 Å². The van der Waals surface area contributed by atoms with Crippen LogP contribution in [0.2, 0.25) is 0 Å². The monoisotopic (exact) mass is 1210 g/mol. The molecule has 3 aromatic heterocycles. The van der Waals surface area contributed by atoms with Gasteiger partial charge in [0.25, 0.3) is 17.7 Å². The summed E-state index contributed by atoms with van der Waals surface area (Å²) in [5, 5.41) is 13.5. The van der Waals surface area contributed by atoms with E-state index in [1.165, 1.54) is 50.5 Å². The molecule has 3 aromatic rings. The van der Waals surface area contributed by atoms with E-state index in [0.717, 1.165) is 58.2 Å². The lowest BCUT2D eigenvalue weighted by atomic mass is 10.2. The minimum atomic E-state index is -0.799. The van der Waals surface area contributed by atoms with Gasteiger partial charge in [0.15, 0.2) is 55.7 Å². The van der Waals surface area contributed by atoms with E-state index in [4.69, 9.17) is 59.8 Å². The predicted molar refractivity (Wildman–Crippen MR) is 260 cm³/mol. The Morgan fingerprint density at radius 1 is 0.494 bits per heavy atom. The number of carbonyl (C=O) groups is 6. The Kier molecular flexibility index (Phi) is 27.5. The van der Waals surface area contributed by atoms with Crippen LogP contribution in [0, 0.1) is 0 Å². The Balaban J connectivity index is 0.000000257. The summed E-state index contributed by atoms with van der Waals surface area (Å²) in [5.74, 6) is -1.89. The summed E-state index contributed by atoms with van der Waals surface area (Å²) in [6.07, 6.45) is 5.39. The fourth-order valence-corrected chi connectivity index (χ4v) is 8.51. The number of esters is 3. The van der Waals surface area contributed by atoms with Gasteiger partial charge in [0.1, 0.15) is 56.9 Å². The van der Waals surface area contributed by atoms with Gasteiger partial charge in [-0.1, -0.05) is 0 Å². The third-order valence-electron chi connectivity index (χ3n) is 12.6. The highest BCUT2D eigenvalue weighted by Gasteiger charge is 2.34. The Morgan fingerprint density at radius 3 is 1.00 bits per heavy atom. The van der Waals surface area contributed by atoms with E-state index in [9.17, 15) is 43.2 Å². The first-order valence-electron chi connectivity index (χ1n) is 25.2. The molecule has 81 heavy (non-hydrogen) atoms. The van der Waals surface area contributed by atoms with Gasteiger partial charge in [-0.25, -0.2) is 14.4 Å². The maximum atomic E-state index is 11.8. The van der Waals surface area contributed by atoms with E-state index in [0.29, 0.717) is 0 Å². The van der Waals surface area contributed by atoms with E-state index in [1.807, 2.05) is 16.0 Å². The fraction of sp³-hybridized carbons (Fsp3) is 0.600. The van der Waals surface area contributed by atoms with Crippen molar-refractivity contribution in [3.8, 4) is 0 Å². The van der Waals surface area contributed by atoms with E-state index in [1.54, 1.807) is 0 Å². The summed E-state index contributed by atoms with van der Waals surface area (Å²) in [4.78, 5) is 117. The molecule has 9 heterocycles. The van der Waals surface area contributed by atoms with E-state index < -0.39 is 72.5 Å². The van der Waals surface area contributed by atoms with Crippen molar-refractivity contribution in [3.63, 3.8) is 0 Å². The number of nitrogens with two attached hydrogens (primary N) is 6. The second-order valence-electron chi connectivity index (χ2n) is 18.2. The largest absolute Gasteiger partial charge is 1.00 e. The molecule has 5 unspecified atom stereocenters. The second kappa shape index (κ2) is 33.3. The van der Waals surface area contributed by atoms with Gasteiger partial charge in [0, 0.05) is 57.1 Å². The molecular formula is C45H66Cl3N15O18. The molecule has 0 aromatic carbocycles. The van der Waals surface area contributed by atoms with Crippen molar-refractivity contribution in [2.75, 3.05) is 96.1 Å². The quantitative estimate of drug-likeness (QED) is 0.0422. The lowest BCUT2D eigenvalue weighted by Gasteiger charge is -2.14. The molecule has 6 aliphatic rings. The first-order chi connectivity index (χ1) is 37.6. The normalized spacial score (nSPS) is 24.2. The second-order valence-corrected chi connectivity index (χ2v) is 18.2. The molecule has 0 bridgehead atoms. The van der Waals surface area contributed by atoms with Gasteiger partial charge < -0.3 is 129 Å². The molecule has 450 valence electrons. The van der Waals surface area contributed by atoms with Crippen LogP contribution in [0.15, 0.2) is 51.2 Å². The molecule has 3 amide bonds. The molecule has 36 heteroatoms. The van der Waals surface area contributed by atoms with Crippen molar-refractivity contribution >= 4 is 53.1 Å². The highest BCUT2D eigenvalue weighted by Crippen LogP contribution is 2.22. The number of ether oxygens (including phenoxy) is 9. The highest BCUT2D eigenvalue weighted by molar-refractivity contribution is 5.86. The van der Waals surface area contributed by atoms with Gasteiger partial charge in [0.2, 0.25) is 0 Å². The summed E-state index contributed by atoms with van der Waals surface area (Å²) >= 11 is 0. The average Bonchev–Trinajstić information content (AvgIpc) is 4.30. The minimum Gasteiger partial charge on any atom is -1.00 e. The number of anilines is 3. The number of carbonyl (C=O) groups excluding carboxylic acids is 6. The van der Waals surface area contributed by atoms with Crippen molar-refractivity contribution < 1.29 is 125 Å². The molecule has 9 atom stereocenters. The van der Waals surface area contributed by atoms with Gasteiger partial charge in [-0.05, 0) is 18.2 Å². The molecule has 15 N–H and O–H groups in total. The molecule has 0 radical (unpaired) electrons. The standard InChI is InChI=1S/3C15H21N5O6.3ClH/c3*16-10-3-5-20(15(23)19-10)11-7-25-13(26-11)8-24-12(21)6-18-14(22)9-2-1-4-17-9;;;/h3*3,5,9,11,13,17H,1-2,4,6-8H2,(H,18,22)(H2,16,19,23);3*1H/t2*9?,11-,13-;;;;/m10..../s1. The molecule has 0 saturated carbocycles. The number of amides is 3. The van der Waals surface area contributed by atoms with Gasteiger partial charge in [-0.3, -0.25) is 42.5 Å². The van der Waals surface area contributed by atoms with E-state index >= 15 is 0 Å². The molecule has 6 saturated heterocycles. The van der Waals surface area contributed by atoms with Crippen molar-refractivity contribution in [2.45, 2.75) is 94.2 Å². The third-order valence-corrected chi connectivity index (χ3v) is 12.6. The van der Waals surface area contributed by atoms with Crippen molar-refractivity contribution in [2.24, 2.45) is 0 Å². The molecule has 9 rings (SSSR count). The van der Waals surface area contributed by atoms with Crippen LogP contribution in [-0.4, -0.2) is 180 Å². The summed E-state index contributed by atoms with van der Waals surface area (Å²) in [5.41, 5.74) is 14.7. The van der Waals surface area contributed by atoms with Gasteiger partial charge >= 0.3 is 35.0 Å². The zero-order valence-corrected chi connectivity index (χ0v) is 45.8. The number of hydrogen-bond acceptors (Lipinski definition) is 24. The van der Waals surface area contributed by atoms with Gasteiger partial charge in [0.05, 0.1) is 39.5 Å². The fourth-order valence-electron chi connectivity index (χ4n) is 8.51. The number of nitrogen functional groups attached to an aromatic ring is 3. The van der Waals surface area contributed by atoms with Crippen LogP contribution < -0.4 is 103 Å². The first kappa shape index (κ1) is 66.9. The Hall–Kier alpha value is -6.63. The molecular weight excluding hydrogens is 1140 g/mol. The number of nitrogens with one attached hydrogen (secondary N) is 3. The van der Waals surface area contributed by atoms with Crippen LogP contribution in [0.1, 0.15) is 57.2 Å². The topological polar surface area (TPSA) is 454 Å². The summed E-state index contributed by atoms with van der Waals surface area (Å²) in [6.45, 7) is 2.06. The maximum absolute atomic E-state index is 11.8. The number of hydrogen-bond donors (Lipinski definition) is 9. The first-order valence-corrected chi connectivity index (χ1v) is 25.2. The van der Waals surface area contributed by atoms with Gasteiger partial charge in [-0.2, -0.15) is 15.0 Å². The summed E-state index contributed by atoms with van der Waals surface area (Å²) in [6, 6.07) is 4.04. The number of rotatable bonds is 18. The van der Waals surface area contributed by atoms with Crippen molar-refractivity contribution in [1.29, 1.82) is 0 Å². The number of halogens is 3. The minimum absolute atomic E-state index is 0. The van der Waals surface area contributed by atoms with Crippen molar-refractivity contribution in [3.05, 3.63) is 68.2 Å². The summed E-state index contributed by atoms with van der Waals surface area (Å²) in [7, 11) is 0. The van der Waals surface area contributed by atoms with Crippen LogP contribution >= 0.6 is 0 Å². The molecule has 0 aliphatic carbocycles. The molecule has 0 spiro atoms. The molecule has 6 aliphatic heterocycles. The maximum Gasteiger partial charge on any atom is 0.351 e. The zero-order valence-electron chi connectivity index (χ0n) is 43.5. The number of nitrogens with zero attached hydrogens (tertiary/aromatic N) is 6. The highest BCUT2D eigenvalue weighted by atomic mass is 35.5. The van der Waals surface area contributed by atoms with Crippen LogP contribution in [0.25, 0.3) is 0 Å². The van der Waals surface area contributed by atoms with E-state index in [-0.39, 0.29) is 150 Å². The Morgan fingerprint density at radius 2 is 0.765 bits per heavy atom. The Bertz CT molecular complexity index is 2460. The third kappa shape index (κ3) is 20.7. The predicted octanol–water partition coefficient (Wildman–Crippen LogP) is -17.7. The zero-order chi connectivity index (χ0) is 55.6. The Labute approximate surface area is 479 Å². The van der Waals surface area contributed by atoms with Crippen LogP contribution in [0.3, 0.4) is 0 Å². The smallest absolute Gasteiger partial charge is 0.351 e. The molecule has 6 fully saturated rings. The lowest BCUT2D eigenvalue weighted by Crippen LogP contribution is -3.00. The van der Waals surface area contributed by atoms with E-state index in [2.05, 4.69) is 30.9 Å². The number of quaternary nitrogens is 3. The lowest BCUT2D eigenvalue weighted by molar-refractivity contribution is -0.657. The van der Waals surface area contributed by atoms with Crippen LogP contribution in [-0.2, 0) is 71.4 Å². The SMILES string of the molecule is Nc1ccn(C2COC(COC(=O)CNC(=O)C3CCC[NH2+]3)O2)c(=O)n1.Nc1ccn([C@@H]2CO[C@H](COC(=O)CNC(=O)C3CCC[NH2+]3)O2)c(=O)n1.Nc1ccn([C@H]2CO[C@@H](COC(=O)CNC(=O)C3CCC[NH2+]3)O2)c(=O)n1.[Cl-].[Cl-].[Cl-]. The van der Waals surface area contributed by atoms with Crippen LogP contribution in [0.4, 0.5) is 17.5 Å². The molecule has 33 nitrogen and oxygen atoms in total. The average molecular weight is 1210 g/mol. The van der Waals surface area contributed by atoms with Gasteiger partial charge in [-0.15, -0.1) is 0 Å². The number of aromatic nitrogens is 6. The van der Waals surface area contributed by atoms with Crippen LogP contribution in [0.5, 0.6) is 0 Å².